The lowest BCUT2D eigenvalue weighted by Crippen LogP contribution is -2.36. The number of nitrogens with two attached hydrogens (primary N) is 1. The summed E-state index contributed by atoms with van der Waals surface area (Å²) in [5, 5.41) is 0. The molecule has 2 heteroatoms. The summed E-state index contributed by atoms with van der Waals surface area (Å²) in [4.78, 5) is 2.69. The summed E-state index contributed by atoms with van der Waals surface area (Å²) >= 11 is 0. The minimum absolute atomic E-state index is 0.491. The van der Waals surface area contributed by atoms with Gasteiger partial charge in [-0.05, 0) is 48.8 Å². The predicted octanol–water partition coefficient (Wildman–Crippen LogP) is 3.76. The minimum atomic E-state index is 0.491. The van der Waals surface area contributed by atoms with Crippen molar-refractivity contribution in [1.82, 2.24) is 0 Å². The van der Waals surface area contributed by atoms with E-state index in [-0.39, 0.29) is 0 Å². The second-order valence-electron chi connectivity index (χ2n) is 7.60. The predicted molar refractivity (Wildman–Crippen MR) is 86.2 cm³/mol. The number of anilines is 1. The van der Waals surface area contributed by atoms with Crippen LogP contribution in [-0.2, 0) is 0 Å². The Bertz CT molecular complexity index is 480. The van der Waals surface area contributed by atoms with E-state index in [0.717, 1.165) is 18.9 Å². The van der Waals surface area contributed by atoms with Gasteiger partial charge in [0.25, 0.3) is 0 Å². The van der Waals surface area contributed by atoms with Crippen LogP contribution in [0, 0.1) is 11.3 Å². The van der Waals surface area contributed by atoms with Gasteiger partial charge in [-0.25, -0.2) is 0 Å². The number of para-hydroxylation sites is 1. The number of hydrogen-bond acceptors (Lipinski definition) is 2. The van der Waals surface area contributed by atoms with E-state index in [2.05, 4.69) is 49.9 Å². The molecule has 3 unspecified atom stereocenters. The molecule has 1 aliphatic heterocycles. The average Bonchev–Trinajstić information content (AvgIpc) is 2.88. The zero-order chi connectivity index (χ0) is 14.3. The van der Waals surface area contributed by atoms with Crippen molar-refractivity contribution < 1.29 is 0 Å². The van der Waals surface area contributed by atoms with Gasteiger partial charge in [-0.15, -0.1) is 0 Å². The van der Waals surface area contributed by atoms with Crippen molar-refractivity contribution in [1.29, 1.82) is 0 Å². The highest BCUT2D eigenvalue weighted by Crippen LogP contribution is 2.48. The van der Waals surface area contributed by atoms with E-state index in [1.165, 1.54) is 30.6 Å². The Balaban J connectivity index is 1.89. The minimum Gasteiger partial charge on any atom is -0.367 e. The number of nitrogens with zero attached hydrogens (tertiary/aromatic N) is 1. The van der Waals surface area contributed by atoms with E-state index in [1.807, 2.05) is 0 Å². The second kappa shape index (κ2) is 5.07. The zero-order valence-corrected chi connectivity index (χ0v) is 13.1. The number of benzene rings is 1. The molecule has 2 nitrogen and oxygen atoms in total. The molecule has 2 aliphatic rings. The van der Waals surface area contributed by atoms with Crippen molar-refractivity contribution in [2.24, 2.45) is 17.1 Å². The van der Waals surface area contributed by atoms with Crippen LogP contribution in [0.15, 0.2) is 24.3 Å². The van der Waals surface area contributed by atoms with E-state index < -0.39 is 0 Å². The van der Waals surface area contributed by atoms with Crippen LogP contribution in [0.1, 0.15) is 51.5 Å². The Kier molecular flexibility index (Phi) is 3.53. The third-order valence-corrected chi connectivity index (χ3v) is 5.31. The van der Waals surface area contributed by atoms with Crippen molar-refractivity contribution in [3.63, 3.8) is 0 Å². The molecule has 1 aromatic rings. The Morgan fingerprint density at radius 3 is 2.65 bits per heavy atom. The maximum Gasteiger partial charge on any atom is 0.0405 e. The van der Waals surface area contributed by atoms with Gasteiger partial charge in [-0.2, -0.15) is 0 Å². The van der Waals surface area contributed by atoms with Gasteiger partial charge in [-0.1, -0.05) is 39.0 Å². The van der Waals surface area contributed by atoms with Crippen LogP contribution in [0.25, 0.3) is 0 Å². The van der Waals surface area contributed by atoms with E-state index in [4.69, 9.17) is 5.73 Å². The molecule has 1 heterocycles. The molecule has 0 amide bonds. The molecule has 1 aliphatic carbocycles. The van der Waals surface area contributed by atoms with Gasteiger partial charge in [0.2, 0.25) is 0 Å². The third kappa shape index (κ3) is 2.35. The van der Waals surface area contributed by atoms with Gasteiger partial charge in [0, 0.05) is 24.2 Å². The van der Waals surface area contributed by atoms with E-state index in [0.29, 0.717) is 17.4 Å². The quantitative estimate of drug-likeness (QED) is 0.907. The SMILES string of the molecule is CC1CC(C)(C)CC1N1CC(CCN)c2ccccc21. The van der Waals surface area contributed by atoms with E-state index in [1.54, 1.807) is 0 Å². The smallest absolute Gasteiger partial charge is 0.0405 e. The Morgan fingerprint density at radius 1 is 1.25 bits per heavy atom. The van der Waals surface area contributed by atoms with Gasteiger partial charge in [0.1, 0.15) is 0 Å². The molecule has 0 saturated heterocycles. The molecule has 1 aromatic carbocycles. The molecular weight excluding hydrogens is 244 g/mol. The monoisotopic (exact) mass is 272 g/mol. The largest absolute Gasteiger partial charge is 0.367 e. The Morgan fingerprint density at radius 2 is 2.00 bits per heavy atom. The number of fused-ring (bicyclic) bond motifs is 1. The summed E-state index contributed by atoms with van der Waals surface area (Å²) in [6.07, 6.45) is 3.77. The van der Waals surface area contributed by atoms with Crippen LogP contribution < -0.4 is 10.6 Å². The summed E-state index contributed by atoms with van der Waals surface area (Å²) in [7, 11) is 0. The van der Waals surface area contributed by atoms with Crippen LogP contribution in [0.5, 0.6) is 0 Å². The van der Waals surface area contributed by atoms with Crippen LogP contribution >= 0.6 is 0 Å². The van der Waals surface area contributed by atoms with Crippen molar-refractivity contribution >= 4 is 5.69 Å². The maximum atomic E-state index is 5.82. The number of rotatable bonds is 3. The number of hydrogen-bond donors (Lipinski definition) is 1. The van der Waals surface area contributed by atoms with Crippen molar-refractivity contribution in [2.45, 2.75) is 52.0 Å². The highest BCUT2D eigenvalue weighted by Gasteiger charge is 2.42. The van der Waals surface area contributed by atoms with Crippen LogP contribution in [-0.4, -0.2) is 19.1 Å². The van der Waals surface area contributed by atoms with E-state index in [9.17, 15) is 0 Å². The summed E-state index contributed by atoms with van der Waals surface area (Å²) in [5.74, 6) is 1.42. The van der Waals surface area contributed by atoms with Crippen molar-refractivity contribution in [2.75, 3.05) is 18.0 Å². The first-order chi connectivity index (χ1) is 9.52. The highest BCUT2D eigenvalue weighted by molar-refractivity contribution is 5.61. The summed E-state index contributed by atoms with van der Waals surface area (Å²) in [5.41, 5.74) is 9.30. The first-order valence-electron chi connectivity index (χ1n) is 8.07. The molecule has 3 atom stereocenters. The lowest BCUT2D eigenvalue weighted by molar-refractivity contribution is 0.365. The molecule has 1 saturated carbocycles. The first-order valence-corrected chi connectivity index (χ1v) is 8.07. The fourth-order valence-corrected chi connectivity index (χ4v) is 4.57. The fraction of sp³-hybridized carbons (Fsp3) is 0.667. The molecule has 3 rings (SSSR count). The normalized spacial score (nSPS) is 31.6. The first kappa shape index (κ1) is 13.9. The summed E-state index contributed by atoms with van der Waals surface area (Å²) in [6.45, 7) is 9.23. The highest BCUT2D eigenvalue weighted by atomic mass is 15.2. The zero-order valence-electron chi connectivity index (χ0n) is 13.1. The van der Waals surface area contributed by atoms with Gasteiger partial charge in [-0.3, -0.25) is 0 Å². The van der Waals surface area contributed by atoms with Gasteiger partial charge < -0.3 is 10.6 Å². The molecule has 0 spiro atoms. The summed E-state index contributed by atoms with van der Waals surface area (Å²) in [6, 6.07) is 9.67. The lowest BCUT2D eigenvalue weighted by Gasteiger charge is -2.31. The third-order valence-electron chi connectivity index (χ3n) is 5.31. The van der Waals surface area contributed by atoms with Crippen LogP contribution in [0.3, 0.4) is 0 Å². The van der Waals surface area contributed by atoms with Gasteiger partial charge in [0.05, 0.1) is 0 Å². The fourth-order valence-electron chi connectivity index (χ4n) is 4.57. The molecule has 1 fully saturated rings. The van der Waals surface area contributed by atoms with Gasteiger partial charge >= 0.3 is 0 Å². The summed E-state index contributed by atoms with van der Waals surface area (Å²) < 4.78 is 0. The van der Waals surface area contributed by atoms with Crippen molar-refractivity contribution in [3.05, 3.63) is 29.8 Å². The average molecular weight is 272 g/mol. The second-order valence-corrected chi connectivity index (χ2v) is 7.60. The molecule has 0 aromatic heterocycles. The maximum absolute atomic E-state index is 5.82. The van der Waals surface area contributed by atoms with Crippen LogP contribution in [0.2, 0.25) is 0 Å². The molecule has 20 heavy (non-hydrogen) atoms. The topological polar surface area (TPSA) is 29.3 Å². The molecule has 2 N–H and O–H groups in total. The molecule has 0 bridgehead atoms. The van der Waals surface area contributed by atoms with Crippen molar-refractivity contribution in [3.8, 4) is 0 Å². The van der Waals surface area contributed by atoms with Gasteiger partial charge in [0.15, 0.2) is 0 Å². The Hall–Kier alpha value is -1.02. The Labute approximate surface area is 123 Å². The van der Waals surface area contributed by atoms with Crippen LogP contribution in [0.4, 0.5) is 5.69 Å². The lowest BCUT2D eigenvalue weighted by atomic mass is 9.91. The molecular formula is C18H28N2. The van der Waals surface area contributed by atoms with E-state index >= 15 is 0 Å². The molecule has 0 radical (unpaired) electrons. The molecule has 110 valence electrons. The standard InChI is InChI=1S/C18H28N2/c1-13-10-18(2,3)11-17(13)20-12-14(8-9-19)15-6-4-5-7-16(15)20/h4-7,13-14,17H,8-12,19H2,1-3H3.